The summed E-state index contributed by atoms with van der Waals surface area (Å²) in [6.45, 7) is 0.737. The van der Waals surface area contributed by atoms with Crippen LogP contribution in [0.15, 0.2) is 39.4 Å². The first-order valence-corrected chi connectivity index (χ1v) is 8.54. The molecule has 0 amide bonds. The van der Waals surface area contributed by atoms with Crippen molar-refractivity contribution in [1.82, 2.24) is 9.78 Å². The minimum Gasteiger partial charge on any atom is -0.377 e. The monoisotopic (exact) mass is 397 g/mol. The van der Waals surface area contributed by atoms with E-state index in [4.69, 9.17) is 5.10 Å². The summed E-state index contributed by atoms with van der Waals surface area (Å²) in [7, 11) is 0. The van der Waals surface area contributed by atoms with Gasteiger partial charge >= 0.3 is 0 Å². The average Bonchev–Trinajstić information content (AvgIpc) is 3.09. The molecule has 3 nitrogen and oxygen atoms in total. The summed E-state index contributed by atoms with van der Waals surface area (Å²) in [4.78, 5) is 0. The third-order valence-corrected chi connectivity index (χ3v) is 5.09. The van der Waals surface area contributed by atoms with Gasteiger partial charge in [0.25, 0.3) is 0 Å². The highest BCUT2D eigenvalue weighted by Crippen LogP contribution is 2.31. The molecule has 1 aliphatic rings. The van der Waals surface area contributed by atoms with Gasteiger partial charge in [-0.1, -0.05) is 18.9 Å². The van der Waals surface area contributed by atoms with Crippen LogP contribution < -0.4 is 5.32 Å². The van der Waals surface area contributed by atoms with Gasteiger partial charge in [0.05, 0.1) is 24.0 Å². The number of hydrogen-bond acceptors (Lipinski definition) is 2. The summed E-state index contributed by atoms with van der Waals surface area (Å²) in [5, 5.41) is 8.12. The quantitative estimate of drug-likeness (QED) is 0.772. The van der Waals surface area contributed by atoms with Gasteiger partial charge in [0.1, 0.15) is 0 Å². The largest absolute Gasteiger partial charge is 0.377 e. The molecule has 0 atom stereocenters. The Morgan fingerprint density at radius 2 is 1.85 bits per heavy atom. The Kier molecular flexibility index (Phi) is 4.46. The van der Waals surface area contributed by atoms with Crippen molar-refractivity contribution in [2.24, 2.45) is 0 Å². The fraction of sp³-hybridized carbons (Fsp3) is 0.400. The van der Waals surface area contributed by atoms with Crippen molar-refractivity contribution >= 4 is 37.5 Å². The predicted molar refractivity (Wildman–Crippen MR) is 88.9 cm³/mol. The molecular weight excluding hydrogens is 382 g/mol. The Balaban J connectivity index is 1.66. The number of benzene rings is 1. The van der Waals surface area contributed by atoms with Gasteiger partial charge in [-0.25, -0.2) is 0 Å². The number of para-hydroxylation sites is 1. The summed E-state index contributed by atoms with van der Waals surface area (Å²) in [6, 6.07) is 8.79. The zero-order chi connectivity index (χ0) is 13.9. The van der Waals surface area contributed by atoms with Crippen molar-refractivity contribution in [3.63, 3.8) is 0 Å². The third-order valence-electron chi connectivity index (χ3n) is 3.77. The second-order valence-corrected chi connectivity index (χ2v) is 6.88. The second-order valence-electron chi connectivity index (χ2n) is 5.18. The smallest absolute Gasteiger partial charge is 0.0815 e. The first kappa shape index (κ1) is 14.1. The Bertz CT molecular complexity index is 568. The van der Waals surface area contributed by atoms with Crippen LogP contribution in [0.2, 0.25) is 0 Å². The highest BCUT2D eigenvalue weighted by atomic mass is 79.9. The maximum Gasteiger partial charge on any atom is 0.0815 e. The molecule has 1 fully saturated rings. The van der Waals surface area contributed by atoms with Crippen molar-refractivity contribution in [2.75, 3.05) is 5.32 Å². The number of hydrogen-bond donors (Lipinski definition) is 1. The van der Waals surface area contributed by atoms with Crippen molar-refractivity contribution in [1.29, 1.82) is 0 Å². The maximum absolute atomic E-state index is 4.69. The Labute approximate surface area is 136 Å². The average molecular weight is 399 g/mol. The van der Waals surface area contributed by atoms with Crippen molar-refractivity contribution < 1.29 is 0 Å². The predicted octanol–water partition coefficient (Wildman–Crippen LogP) is 5.14. The van der Waals surface area contributed by atoms with E-state index in [1.165, 1.54) is 25.7 Å². The van der Waals surface area contributed by atoms with Crippen LogP contribution in [0.5, 0.6) is 0 Å². The molecule has 0 saturated heterocycles. The van der Waals surface area contributed by atoms with E-state index in [2.05, 4.69) is 54.1 Å². The van der Waals surface area contributed by atoms with Crippen LogP contribution in [0.3, 0.4) is 0 Å². The van der Waals surface area contributed by atoms with Crippen LogP contribution >= 0.6 is 31.9 Å². The van der Waals surface area contributed by atoms with Crippen molar-refractivity contribution in [3.05, 3.63) is 45.1 Å². The normalized spacial score (nSPS) is 15.7. The number of anilines is 1. The van der Waals surface area contributed by atoms with Crippen LogP contribution in [-0.2, 0) is 6.54 Å². The van der Waals surface area contributed by atoms with Crippen LogP contribution in [-0.4, -0.2) is 9.78 Å². The molecule has 3 rings (SSSR count). The lowest BCUT2D eigenvalue weighted by atomic mass is 10.3. The summed E-state index contributed by atoms with van der Waals surface area (Å²) in [5.41, 5.74) is 2.16. The van der Waals surface area contributed by atoms with Crippen LogP contribution in [0.4, 0.5) is 5.69 Å². The molecule has 0 bridgehead atoms. The molecule has 20 heavy (non-hydrogen) atoms. The minimum absolute atomic E-state index is 0.610. The highest BCUT2D eigenvalue weighted by Gasteiger charge is 2.17. The molecule has 1 N–H and O–H groups in total. The molecule has 1 aromatic heterocycles. The summed E-state index contributed by atoms with van der Waals surface area (Å²) < 4.78 is 4.25. The molecule has 1 aliphatic carbocycles. The first-order valence-electron chi connectivity index (χ1n) is 6.96. The molecular formula is C15H17Br2N3. The molecule has 0 unspecified atom stereocenters. The van der Waals surface area contributed by atoms with E-state index in [1.54, 1.807) is 0 Å². The van der Waals surface area contributed by atoms with E-state index in [0.717, 1.165) is 26.9 Å². The lowest BCUT2D eigenvalue weighted by molar-refractivity contribution is 0.463. The maximum atomic E-state index is 4.69. The first-order chi connectivity index (χ1) is 9.74. The lowest BCUT2D eigenvalue weighted by Crippen LogP contribution is -2.07. The molecule has 1 heterocycles. The van der Waals surface area contributed by atoms with Gasteiger partial charge in [-0.05, 0) is 62.9 Å². The van der Waals surface area contributed by atoms with Crippen LogP contribution in [0.1, 0.15) is 37.4 Å². The summed E-state index contributed by atoms with van der Waals surface area (Å²) in [6.07, 6.45) is 7.32. The zero-order valence-electron chi connectivity index (χ0n) is 11.1. The number of nitrogens with one attached hydrogen (secondary N) is 1. The SMILES string of the molecule is Brc1cccc(Br)c1NCc1ccn(C2CCCC2)n1. The molecule has 1 saturated carbocycles. The summed E-state index contributed by atoms with van der Waals surface area (Å²) >= 11 is 7.12. The fourth-order valence-corrected chi connectivity index (χ4v) is 3.97. The third kappa shape index (κ3) is 3.09. The highest BCUT2D eigenvalue weighted by molar-refractivity contribution is 9.11. The Morgan fingerprint density at radius 3 is 2.55 bits per heavy atom. The van der Waals surface area contributed by atoms with Gasteiger partial charge in [-0.15, -0.1) is 0 Å². The zero-order valence-corrected chi connectivity index (χ0v) is 14.3. The van der Waals surface area contributed by atoms with Gasteiger partial charge in [0.15, 0.2) is 0 Å². The molecule has 106 valence electrons. The number of aromatic nitrogens is 2. The van der Waals surface area contributed by atoms with E-state index in [1.807, 2.05) is 18.2 Å². The minimum atomic E-state index is 0.610. The van der Waals surface area contributed by atoms with E-state index < -0.39 is 0 Å². The second kappa shape index (κ2) is 6.31. The van der Waals surface area contributed by atoms with Crippen LogP contribution in [0, 0.1) is 0 Å². The fourth-order valence-electron chi connectivity index (χ4n) is 2.69. The molecule has 2 aromatic rings. The van der Waals surface area contributed by atoms with Gasteiger partial charge in [-0.2, -0.15) is 5.10 Å². The van der Waals surface area contributed by atoms with Crippen molar-refractivity contribution in [3.8, 4) is 0 Å². The lowest BCUT2D eigenvalue weighted by Gasteiger charge is -2.10. The van der Waals surface area contributed by atoms with Gasteiger partial charge in [0.2, 0.25) is 0 Å². The van der Waals surface area contributed by atoms with E-state index >= 15 is 0 Å². The van der Waals surface area contributed by atoms with E-state index in [9.17, 15) is 0 Å². The Hall–Kier alpha value is -0.810. The molecule has 5 heteroatoms. The molecule has 1 aromatic carbocycles. The number of rotatable bonds is 4. The Morgan fingerprint density at radius 1 is 1.15 bits per heavy atom. The summed E-state index contributed by atoms with van der Waals surface area (Å²) in [5.74, 6) is 0. The standard InChI is InChI=1S/C15H17Br2N3/c16-13-6-3-7-14(17)15(13)18-10-11-8-9-20(19-11)12-4-1-2-5-12/h3,6-9,12,18H,1-2,4-5,10H2. The van der Waals surface area contributed by atoms with Crippen LogP contribution in [0.25, 0.3) is 0 Å². The van der Waals surface area contributed by atoms with Gasteiger partial charge < -0.3 is 5.32 Å². The number of nitrogens with zero attached hydrogens (tertiary/aromatic N) is 2. The van der Waals surface area contributed by atoms with Gasteiger partial charge in [0, 0.05) is 15.1 Å². The molecule has 0 aliphatic heterocycles. The number of halogens is 2. The van der Waals surface area contributed by atoms with Gasteiger partial charge in [-0.3, -0.25) is 4.68 Å². The molecule has 0 spiro atoms. The van der Waals surface area contributed by atoms with Crippen molar-refractivity contribution in [2.45, 2.75) is 38.3 Å². The van der Waals surface area contributed by atoms with E-state index in [0.29, 0.717) is 6.04 Å². The molecule has 0 radical (unpaired) electrons. The topological polar surface area (TPSA) is 29.9 Å². The van der Waals surface area contributed by atoms with E-state index in [-0.39, 0.29) is 0 Å².